The summed E-state index contributed by atoms with van der Waals surface area (Å²) in [5.74, 6) is 0. The third kappa shape index (κ3) is 4.29. The Kier molecular flexibility index (Phi) is 6.43. The van der Waals surface area contributed by atoms with E-state index < -0.39 is 18.3 Å². The summed E-state index contributed by atoms with van der Waals surface area (Å²) in [6.07, 6.45) is 1.82. The minimum absolute atomic E-state index is 0.143. The van der Waals surface area contributed by atoms with Crippen molar-refractivity contribution in [2.45, 2.75) is 58.7 Å². The van der Waals surface area contributed by atoms with Crippen molar-refractivity contribution >= 4 is 24.4 Å². The van der Waals surface area contributed by atoms with Gasteiger partial charge in [0.05, 0.1) is 16.1 Å². The number of aryl methyl sites for hydroxylation is 1. The minimum atomic E-state index is -0.565. The molecule has 1 heterocycles. The highest BCUT2D eigenvalue weighted by molar-refractivity contribution is 6.62. The SMILES string of the molecule is CCCc1ccc(B2OC(C)(C)C(C)(C)O2)cc1[N+](=O)[O-].O=C=O. The summed E-state index contributed by atoms with van der Waals surface area (Å²) in [7, 11) is -0.565. The Morgan fingerprint density at radius 2 is 1.67 bits per heavy atom. The highest BCUT2D eigenvalue weighted by Gasteiger charge is 2.51. The summed E-state index contributed by atoms with van der Waals surface area (Å²) < 4.78 is 11.9. The third-order valence-electron chi connectivity index (χ3n) is 4.35. The molecule has 1 aliphatic rings. The van der Waals surface area contributed by atoms with Gasteiger partial charge < -0.3 is 9.31 Å². The summed E-state index contributed by atoms with van der Waals surface area (Å²) >= 11 is 0. The zero-order chi connectivity index (χ0) is 18.5. The van der Waals surface area contributed by atoms with Crippen molar-refractivity contribution in [3.05, 3.63) is 33.9 Å². The number of nitro benzene ring substituents is 1. The van der Waals surface area contributed by atoms with Crippen molar-refractivity contribution in [1.82, 2.24) is 0 Å². The first-order valence-corrected chi connectivity index (χ1v) is 7.71. The Bertz CT molecular complexity index is 621. The largest absolute Gasteiger partial charge is 0.495 e. The smallest absolute Gasteiger partial charge is 0.399 e. The predicted molar refractivity (Wildman–Crippen MR) is 87.8 cm³/mol. The van der Waals surface area contributed by atoms with E-state index in [0.29, 0.717) is 11.9 Å². The molecule has 0 spiro atoms. The normalized spacial score (nSPS) is 17.6. The number of carbonyl (C=O) groups excluding carboxylic acids is 2. The molecule has 0 bridgehead atoms. The molecule has 0 aromatic heterocycles. The van der Waals surface area contributed by atoms with Crippen molar-refractivity contribution in [3.63, 3.8) is 0 Å². The van der Waals surface area contributed by atoms with Gasteiger partial charge in [-0.1, -0.05) is 25.5 Å². The van der Waals surface area contributed by atoms with Crippen molar-refractivity contribution in [3.8, 4) is 0 Å². The van der Waals surface area contributed by atoms with Crippen LogP contribution in [0, 0.1) is 10.1 Å². The van der Waals surface area contributed by atoms with Crippen LogP contribution in [0.25, 0.3) is 0 Å². The number of rotatable bonds is 4. The van der Waals surface area contributed by atoms with E-state index in [9.17, 15) is 10.1 Å². The van der Waals surface area contributed by atoms with E-state index in [1.165, 1.54) is 0 Å². The lowest BCUT2D eigenvalue weighted by atomic mass is 9.78. The first-order valence-electron chi connectivity index (χ1n) is 7.71. The summed E-state index contributed by atoms with van der Waals surface area (Å²) in [6.45, 7) is 9.87. The van der Waals surface area contributed by atoms with E-state index >= 15 is 0 Å². The molecule has 0 amide bonds. The molecule has 24 heavy (non-hydrogen) atoms. The molecule has 1 aliphatic heterocycles. The standard InChI is InChI=1S/C15H22BNO4.CO2/c1-6-7-11-8-9-12(10-13(11)17(18)19)16-20-14(2,3)15(4,5)21-16;2-1-3/h8-10H,6-7H2,1-5H3;. The number of nitrogens with zero attached hydrogens (tertiary/aromatic N) is 1. The molecule has 2 rings (SSSR count). The zero-order valence-electron chi connectivity index (χ0n) is 14.6. The van der Waals surface area contributed by atoms with Crippen molar-refractivity contribution in [1.29, 1.82) is 0 Å². The van der Waals surface area contributed by atoms with Gasteiger partial charge in [0, 0.05) is 11.6 Å². The van der Waals surface area contributed by atoms with Gasteiger partial charge in [-0.2, -0.15) is 9.59 Å². The second kappa shape index (κ2) is 7.70. The summed E-state index contributed by atoms with van der Waals surface area (Å²) in [5.41, 5.74) is 0.690. The second-order valence-electron chi connectivity index (χ2n) is 6.57. The molecule has 130 valence electrons. The van der Waals surface area contributed by atoms with Gasteiger partial charge in [0.2, 0.25) is 0 Å². The van der Waals surface area contributed by atoms with Gasteiger partial charge >= 0.3 is 13.3 Å². The molecule has 1 aromatic carbocycles. The van der Waals surface area contributed by atoms with Gasteiger partial charge in [-0.3, -0.25) is 10.1 Å². The lowest BCUT2D eigenvalue weighted by molar-refractivity contribution is -0.385. The maximum Gasteiger partial charge on any atom is 0.495 e. The average molecular weight is 335 g/mol. The fourth-order valence-corrected chi connectivity index (χ4v) is 2.36. The highest BCUT2D eigenvalue weighted by Crippen LogP contribution is 2.36. The van der Waals surface area contributed by atoms with Crippen LogP contribution in [0.15, 0.2) is 18.2 Å². The topological polar surface area (TPSA) is 95.7 Å². The molecule has 0 N–H and O–H groups in total. The first-order chi connectivity index (χ1) is 11.1. The van der Waals surface area contributed by atoms with Crippen molar-refractivity contribution in [2.75, 3.05) is 0 Å². The summed E-state index contributed by atoms with van der Waals surface area (Å²) in [6, 6.07) is 5.25. The molecular weight excluding hydrogens is 313 g/mol. The lowest BCUT2D eigenvalue weighted by Crippen LogP contribution is -2.41. The fourth-order valence-electron chi connectivity index (χ4n) is 2.36. The molecule has 0 radical (unpaired) electrons. The van der Waals surface area contributed by atoms with Gasteiger partial charge in [-0.25, -0.2) is 0 Å². The predicted octanol–water partition coefficient (Wildman–Crippen LogP) is 2.26. The van der Waals surface area contributed by atoms with Crippen LogP contribution >= 0.6 is 0 Å². The van der Waals surface area contributed by atoms with E-state index in [4.69, 9.17) is 18.9 Å². The van der Waals surface area contributed by atoms with Gasteiger partial charge in [0.15, 0.2) is 0 Å². The van der Waals surface area contributed by atoms with E-state index in [1.54, 1.807) is 6.07 Å². The Morgan fingerprint density at radius 3 is 2.08 bits per heavy atom. The average Bonchev–Trinajstić information content (AvgIpc) is 2.69. The Balaban J connectivity index is 0.000000891. The Morgan fingerprint density at radius 1 is 1.17 bits per heavy atom. The van der Waals surface area contributed by atoms with Crippen LogP contribution in [0.4, 0.5) is 5.69 Å². The summed E-state index contributed by atoms with van der Waals surface area (Å²) in [4.78, 5) is 27.2. The van der Waals surface area contributed by atoms with Crippen LogP contribution in [0.5, 0.6) is 0 Å². The Labute approximate surface area is 141 Å². The maximum absolute atomic E-state index is 11.2. The second-order valence-corrected chi connectivity index (χ2v) is 6.57. The fraction of sp³-hybridized carbons (Fsp3) is 0.562. The first kappa shape index (κ1) is 20.0. The third-order valence-corrected chi connectivity index (χ3v) is 4.35. The van der Waals surface area contributed by atoms with Crippen LogP contribution in [0.2, 0.25) is 0 Å². The number of benzene rings is 1. The van der Waals surface area contributed by atoms with Crippen LogP contribution in [-0.4, -0.2) is 29.4 Å². The van der Waals surface area contributed by atoms with Crippen molar-refractivity contribution in [2.24, 2.45) is 0 Å². The molecule has 0 unspecified atom stereocenters. The number of nitro groups is 1. The lowest BCUT2D eigenvalue weighted by Gasteiger charge is -2.32. The van der Waals surface area contributed by atoms with Crippen LogP contribution in [-0.2, 0) is 25.3 Å². The van der Waals surface area contributed by atoms with Crippen LogP contribution < -0.4 is 5.46 Å². The molecule has 0 aliphatic carbocycles. The van der Waals surface area contributed by atoms with Gasteiger partial charge in [0.25, 0.3) is 5.69 Å². The van der Waals surface area contributed by atoms with E-state index in [-0.39, 0.29) is 16.8 Å². The van der Waals surface area contributed by atoms with Gasteiger partial charge in [0.1, 0.15) is 0 Å². The molecule has 8 heteroatoms. The highest BCUT2D eigenvalue weighted by atomic mass is 16.7. The molecule has 1 saturated heterocycles. The quantitative estimate of drug-likeness (QED) is 0.476. The molecule has 1 fully saturated rings. The zero-order valence-corrected chi connectivity index (χ0v) is 14.6. The monoisotopic (exact) mass is 335 g/mol. The number of hydrogen-bond acceptors (Lipinski definition) is 6. The van der Waals surface area contributed by atoms with E-state index in [1.807, 2.05) is 46.8 Å². The molecule has 7 nitrogen and oxygen atoms in total. The number of hydrogen-bond donors (Lipinski definition) is 0. The summed E-state index contributed by atoms with van der Waals surface area (Å²) in [5, 5.41) is 11.2. The van der Waals surface area contributed by atoms with E-state index in [0.717, 1.165) is 12.0 Å². The molecule has 1 aromatic rings. The van der Waals surface area contributed by atoms with Crippen LogP contribution in [0.3, 0.4) is 0 Å². The Hall–Kier alpha value is -2.02. The molecule has 0 atom stereocenters. The van der Waals surface area contributed by atoms with Crippen LogP contribution in [0.1, 0.15) is 46.6 Å². The van der Waals surface area contributed by atoms with Gasteiger partial charge in [-0.15, -0.1) is 0 Å². The van der Waals surface area contributed by atoms with E-state index in [2.05, 4.69) is 0 Å². The minimum Gasteiger partial charge on any atom is -0.399 e. The molecule has 0 saturated carbocycles. The molecular formula is C16H22BNO6. The van der Waals surface area contributed by atoms with Crippen molar-refractivity contribution < 1.29 is 23.8 Å². The van der Waals surface area contributed by atoms with Gasteiger partial charge in [-0.05, 0) is 39.6 Å². The maximum atomic E-state index is 11.2.